The van der Waals surface area contributed by atoms with Crippen LogP contribution in [0.15, 0.2) is 77.7 Å². The maximum Gasteiger partial charge on any atom is 0.252 e. The molecular weight excluding hydrogens is 466 g/mol. The van der Waals surface area contributed by atoms with Crippen molar-refractivity contribution < 1.29 is 31.5 Å². The number of hydrogen-bond acceptors (Lipinski definition) is 5. The average Bonchev–Trinajstić information content (AvgIpc) is 3.12. The van der Waals surface area contributed by atoms with Gasteiger partial charge in [-0.2, -0.15) is 4.31 Å². The van der Waals surface area contributed by atoms with Gasteiger partial charge in [0.15, 0.2) is 0 Å². The lowest BCUT2D eigenvalue weighted by molar-refractivity contribution is -0.122. The number of hydrogen-bond donors (Lipinski definition) is 0. The largest absolute Gasteiger partial charge is 0.497 e. The van der Waals surface area contributed by atoms with Gasteiger partial charge in [-0.25, -0.2) is 22.1 Å². The molecule has 34 heavy (non-hydrogen) atoms. The summed E-state index contributed by atoms with van der Waals surface area (Å²) < 4.78 is 59.8. The maximum atomic E-state index is 13.5. The molecule has 0 aromatic heterocycles. The number of sulfonamides is 1. The number of carbonyl (C=O) groups excluding carboxylic acids is 2. The molecule has 0 radical (unpaired) electrons. The zero-order valence-electron chi connectivity index (χ0n) is 18.0. The molecule has 176 valence electrons. The van der Waals surface area contributed by atoms with E-state index in [1.165, 1.54) is 43.5 Å². The molecule has 1 saturated heterocycles. The number of methoxy groups -OCH3 is 1. The predicted octanol–water partition coefficient (Wildman–Crippen LogP) is 3.50. The highest BCUT2D eigenvalue weighted by Gasteiger charge is 2.47. The van der Waals surface area contributed by atoms with Crippen molar-refractivity contribution in [1.29, 1.82) is 0 Å². The van der Waals surface area contributed by atoms with E-state index in [9.17, 15) is 26.8 Å². The van der Waals surface area contributed by atoms with Crippen LogP contribution >= 0.6 is 0 Å². The molecule has 3 aromatic rings. The van der Waals surface area contributed by atoms with Gasteiger partial charge in [0.25, 0.3) is 5.91 Å². The summed E-state index contributed by atoms with van der Waals surface area (Å²) in [6, 6.07) is 14.2. The third-order valence-corrected chi connectivity index (χ3v) is 7.34. The van der Waals surface area contributed by atoms with Gasteiger partial charge in [0.05, 0.1) is 24.1 Å². The Morgan fingerprint density at radius 2 is 1.47 bits per heavy atom. The van der Waals surface area contributed by atoms with Gasteiger partial charge in [0, 0.05) is 6.54 Å². The Morgan fingerprint density at radius 1 is 0.912 bits per heavy atom. The van der Waals surface area contributed by atoms with Gasteiger partial charge in [-0.1, -0.05) is 12.1 Å². The summed E-state index contributed by atoms with van der Waals surface area (Å²) >= 11 is 0. The quantitative estimate of drug-likeness (QED) is 0.478. The van der Waals surface area contributed by atoms with Crippen LogP contribution < -0.4 is 9.64 Å². The van der Waals surface area contributed by atoms with Gasteiger partial charge in [0.1, 0.15) is 23.4 Å². The Labute approximate surface area is 195 Å². The number of nitrogens with zero attached hydrogens (tertiary/aromatic N) is 2. The molecule has 3 aromatic carbocycles. The van der Waals surface area contributed by atoms with Crippen LogP contribution in [0.1, 0.15) is 12.0 Å². The summed E-state index contributed by atoms with van der Waals surface area (Å²) in [7, 11) is -2.85. The summed E-state index contributed by atoms with van der Waals surface area (Å²) in [5.41, 5.74) is 0.689. The Morgan fingerprint density at radius 3 is 2.03 bits per heavy atom. The molecule has 10 heteroatoms. The SMILES string of the molecule is COc1ccc(N2C(=O)CC(N(Cc3ccc(F)cc3)S(=O)(=O)c3ccc(F)cc3)C2=O)cc1. The van der Waals surface area contributed by atoms with Crippen LogP contribution in [-0.2, 0) is 26.2 Å². The van der Waals surface area contributed by atoms with E-state index in [-0.39, 0.29) is 23.5 Å². The minimum absolute atomic E-state index is 0.237. The van der Waals surface area contributed by atoms with E-state index >= 15 is 0 Å². The van der Waals surface area contributed by atoms with Crippen LogP contribution in [0.5, 0.6) is 5.75 Å². The summed E-state index contributed by atoms with van der Waals surface area (Å²) in [4.78, 5) is 26.8. The molecule has 4 rings (SSSR count). The van der Waals surface area contributed by atoms with E-state index < -0.39 is 39.5 Å². The maximum absolute atomic E-state index is 13.5. The fraction of sp³-hybridized carbons (Fsp3) is 0.167. The fourth-order valence-electron chi connectivity index (χ4n) is 3.72. The molecule has 1 heterocycles. The second-order valence-electron chi connectivity index (χ2n) is 7.62. The van der Waals surface area contributed by atoms with Gasteiger partial charge >= 0.3 is 0 Å². The van der Waals surface area contributed by atoms with Crippen molar-refractivity contribution in [2.75, 3.05) is 12.0 Å². The topological polar surface area (TPSA) is 84.0 Å². The normalized spacial score (nSPS) is 16.4. The number of rotatable bonds is 7. The molecule has 0 saturated carbocycles. The van der Waals surface area contributed by atoms with Gasteiger partial charge in [-0.3, -0.25) is 9.59 Å². The Balaban J connectivity index is 1.73. The minimum atomic E-state index is -4.33. The summed E-state index contributed by atoms with van der Waals surface area (Å²) in [5, 5.41) is 0. The number of amides is 2. The lowest BCUT2D eigenvalue weighted by Crippen LogP contribution is -2.45. The van der Waals surface area contributed by atoms with E-state index in [4.69, 9.17) is 4.74 Å². The van der Waals surface area contributed by atoms with Crippen molar-refractivity contribution in [2.24, 2.45) is 0 Å². The number of carbonyl (C=O) groups is 2. The van der Waals surface area contributed by atoms with Gasteiger partial charge in [-0.05, 0) is 66.2 Å². The van der Waals surface area contributed by atoms with Crippen molar-refractivity contribution in [2.45, 2.75) is 23.9 Å². The van der Waals surface area contributed by atoms with Crippen molar-refractivity contribution >= 4 is 27.5 Å². The molecule has 1 fully saturated rings. The molecule has 1 unspecified atom stereocenters. The number of anilines is 1. The first-order chi connectivity index (χ1) is 16.2. The zero-order valence-corrected chi connectivity index (χ0v) is 18.8. The van der Waals surface area contributed by atoms with E-state index in [0.717, 1.165) is 33.5 Å². The summed E-state index contributed by atoms with van der Waals surface area (Å²) in [5.74, 6) is -1.89. The van der Waals surface area contributed by atoms with Crippen molar-refractivity contribution in [3.8, 4) is 5.75 Å². The molecular formula is C24H20F2N2O5S. The first-order valence-corrected chi connectivity index (χ1v) is 11.7. The molecule has 1 aliphatic rings. The molecule has 1 aliphatic heterocycles. The molecule has 0 spiro atoms. The van der Waals surface area contributed by atoms with Crippen LogP contribution in [-0.4, -0.2) is 37.7 Å². The standard InChI is InChI=1S/C24H20F2N2O5S/c1-33-20-10-8-19(9-11-20)28-23(29)14-22(24(28)30)27(15-16-2-4-17(25)5-3-16)34(31,32)21-12-6-18(26)7-13-21/h2-13,22H,14-15H2,1H3. The highest BCUT2D eigenvalue weighted by atomic mass is 32.2. The fourth-order valence-corrected chi connectivity index (χ4v) is 5.29. The molecule has 1 atom stereocenters. The second-order valence-corrected chi connectivity index (χ2v) is 9.51. The smallest absolute Gasteiger partial charge is 0.252 e. The number of ether oxygens (including phenoxy) is 1. The van der Waals surface area contributed by atoms with E-state index in [1.807, 2.05) is 0 Å². The van der Waals surface area contributed by atoms with E-state index in [1.54, 1.807) is 12.1 Å². The number of imide groups is 1. The lowest BCUT2D eigenvalue weighted by Gasteiger charge is -2.27. The highest BCUT2D eigenvalue weighted by molar-refractivity contribution is 7.89. The molecule has 0 aliphatic carbocycles. The lowest BCUT2D eigenvalue weighted by atomic mass is 10.2. The highest BCUT2D eigenvalue weighted by Crippen LogP contribution is 2.31. The van der Waals surface area contributed by atoms with Crippen LogP contribution in [0.2, 0.25) is 0 Å². The van der Waals surface area contributed by atoms with Crippen molar-refractivity contribution in [3.63, 3.8) is 0 Å². The third-order valence-electron chi connectivity index (χ3n) is 5.47. The third kappa shape index (κ3) is 4.55. The van der Waals surface area contributed by atoms with Gasteiger partial charge in [0.2, 0.25) is 15.9 Å². The monoisotopic (exact) mass is 486 g/mol. The predicted molar refractivity (Wildman–Crippen MR) is 119 cm³/mol. The molecule has 0 bridgehead atoms. The van der Waals surface area contributed by atoms with Crippen LogP contribution in [0, 0.1) is 11.6 Å². The van der Waals surface area contributed by atoms with Gasteiger partial charge in [-0.15, -0.1) is 0 Å². The van der Waals surface area contributed by atoms with Crippen LogP contribution in [0.4, 0.5) is 14.5 Å². The van der Waals surface area contributed by atoms with Crippen LogP contribution in [0.3, 0.4) is 0 Å². The van der Waals surface area contributed by atoms with Crippen molar-refractivity contribution in [3.05, 3.63) is 90.0 Å². The number of benzene rings is 3. The average molecular weight is 486 g/mol. The molecule has 2 amide bonds. The Hall–Kier alpha value is -3.63. The van der Waals surface area contributed by atoms with E-state index in [0.29, 0.717) is 11.3 Å². The molecule has 7 nitrogen and oxygen atoms in total. The second kappa shape index (κ2) is 9.32. The van der Waals surface area contributed by atoms with E-state index in [2.05, 4.69) is 0 Å². The minimum Gasteiger partial charge on any atom is -0.497 e. The Kier molecular flexibility index (Phi) is 6.45. The zero-order chi connectivity index (χ0) is 24.5. The molecule has 0 N–H and O–H groups in total. The summed E-state index contributed by atoms with van der Waals surface area (Å²) in [6.45, 7) is -0.292. The van der Waals surface area contributed by atoms with Crippen molar-refractivity contribution in [1.82, 2.24) is 4.31 Å². The number of halogens is 2. The summed E-state index contributed by atoms with van der Waals surface area (Å²) in [6.07, 6.45) is -0.382. The van der Waals surface area contributed by atoms with Gasteiger partial charge < -0.3 is 4.74 Å². The van der Waals surface area contributed by atoms with Crippen LogP contribution in [0.25, 0.3) is 0 Å². The first-order valence-electron chi connectivity index (χ1n) is 10.2. The first kappa shape index (κ1) is 23.5. The Bertz CT molecular complexity index is 1310.